The number of carboxylic acids is 1. The van der Waals surface area contributed by atoms with Crippen LogP contribution in [0.4, 0.5) is 22.7 Å². The molecule has 3 radical (unpaired) electrons. The molecule has 0 aliphatic carbocycles. The zero-order valence-corrected chi connectivity index (χ0v) is 63.9. The molecule has 0 saturated heterocycles. The van der Waals surface area contributed by atoms with Gasteiger partial charge in [-0.2, -0.15) is 0 Å². The second-order valence-electron chi connectivity index (χ2n) is 23.5. The van der Waals surface area contributed by atoms with Gasteiger partial charge in [-0.3, -0.25) is 19.2 Å². The zero-order valence-electron chi connectivity index (χ0n) is 55.8. The number of halogens is 7. The average Bonchev–Trinajstić information content (AvgIpc) is 1.00. The number of rotatable bonds is 35. The van der Waals surface area contributed by atoms with Crippen molar-refractivity contribution < 1.29 is 57.7 Å². The summed E-state index contributed by atoms with van der Waals surface area (Å²) in [5, 5.41) is 17.5. The van der Waals surface area contributed by atoms with Gasteiger partial charge in [0.05, 0.1) is 50.1 Å². The number of hydrogen-bond acceptors (Lipinski definition) is 19. The zero-order chi connectivity index (χ0) is 72.4. The molecule has 4 atom stereocenters. The van der Waals surface area contributed by atoms with Crippen molar-refractivity contribution in [2.75, 3.05) is 81.3 Å². The number of nitrogen functional groups attached to an aromatic ring is 2. The van der Waals surface area contributed by atoms with E-state index in [1.54, 1.807) is 0 Å². The summed E-state index contributed by atoms with van der Waals surface area (Å²) in [6, 6.07) is 30.0. The second-order valence-corrected chi connectivity index (χ2v) is 27.4. The number of anilines is 4. The van der Waals surface area contributed by atoms with Crippen LogP contribution in [0, 0.1) is 3.57 Å². The van der Waals surface area contributed by atoms with Crippen molar-refractivity contribution in [3.63, 3.8) is 0 Å². The summed E-state index contributed by atoms with van der Waals surface area (Å²) in [6.07, 6.45) is 4.77. The highest BCUT2D eigenvalue weighted by atomic mass is 127. The number of benzene rings is 4. The molecule has 4 aromatic rings. The Morgan fingerprint density at radius 1 is 0.516 bits per heavy atom. The third-order valence-electron chi connectivity index (χ3n) is 11.8. The first-order valence-corrected chi connectivity index (χ1v) is 35.6. The maximum absolute atomic E-state index is 12.2. The van der Waals surface area contributed by atoms with E-state index in [2.05, 4.69) is 70.7 Å². The van der Waals surface area contributed by atoms with Gasteiger partial charge < -0.3 is 81.2 Å². The lowest BCUT2D eigenvalue weighted by molar-refractivity contribution is -0.156. The van der Waals surface area contributed by atoms with Gasteiger partial charge in [0.25, 0.3) is 22.2 Å². The van der Waals surface area contributed by atoms with E-state index in [-0.39, 0.29) is 67.6 Å². The van der Waals surface area contributed by atoms with Crippen LogP contribution in [0.1, 0.15) is 105 Å². The molecule has 0 heterocycles. The smallest absolute Gasteiger partial charge is 0.307 e. The molecule has 0 aliphatic heterocycles. The Hall–Kier alpha value is -4.42. The molecular weight excluding hydrogens is 1550 g/mol. The van der Waals surface area contributed by atoms with E-state index in [0.717, 1.165) is 41.8 Å². The molecule has 0 fully saturated rings. The monoisotopic (exact) mass is 1640 g/mol. The Balaban J connectivity index is 0. The van der Waals surface area contributed by atoms with Crippen molar-refractivity contribution in [2.24, 2.45) is 5.73 Å². The number of aliphatic carboxylic acids is 1. The summed E-state index contributed by atoms with van der Waals surface area (Å²) in [4.78, 5) is 90.9. The number of carbonyl (C=O) groups is 8. The van der Waals surface area contributed by atoms with Gasteiger partial charge in [0.15, 0.2) is 0 Å². The minimum atomic E-state index is -0.881. The molecule has 0 amide bonds. The Morgan fingerprint density at radius 2 is 0.832 bits per heavy atom. The predicted octanol–water partition coefficient (Wildman–Crippen LogP) is 9.86. The number of alkyl halides is 6. The summed E-state index contributed by atoms with van der Waals surface area (Å²) in [7, 11) is 3.90. The molecule has 0 aliphatic rings. The highest BCUT2D eigenvalue weighted by molar-refractivity contribution is 14.1. The summed E-state index contributed by atoms with van der Waals surface area (Å²) in [6.45, 7) is 19.2. The molecular formula is C65H95B3Cl5I2N8O12. The molecule has 4 rings (SSSR count). The molecule has 4 aromatic carbocycles. The second kappa shape index (κ2) is 54.5. The standard InChI is InChI=1S/C19H28BCl2N2O3.C15H22BN2O3.C14H20Cl2N2O2.C9H16BINO3.C6H6IN.C2H3ClO/c1-19(2,3)27-18(26)13-16(23-20-14-25)12-15-6-4-5-7-17(15)24(10-8-21)11-9-22;1-15(2,3)21-14(20)9-12(18-16-10-19)8-11-6-4-5-7-13(11)17;15-5-7-18(8-6-16)13-4-2-1-3-11(13)9-12(17)10-14(19)20;1-9(2,3)15-8(14)4-7(5-11)12-10-6-13;7-5-3-1-2-4-6(5)8;3-1-2-4/h4-7,14,16,23H,8-13H2,1-3H3;4-7,10,12,18H,8-9,17H2,1-3H3;1-4,12H,5-10,17H2,(H,19,20);6-7,12H,4-5H2,1-3H3;1-4H,8H2;2H,1H2/t16-;2*12-;7-;;/m0001../s1. The maximum Gasteiger partial charge on any atom is 0.307 e. The summed E-state index contributed by atoms with van der Waals surface area (Å²) < 4.78 is 17.7. The number of nitrogens with two attached hydrogens (primary N) is 3. The number of esters is 3. The van der Waals surface area contributed by atoms with Crippen molar-refractivity contribution in [3.8, 4) is 0 Å². The normalized spacial score (nSPS) is 11.9. The van der Waals surface area contributed by atoms with Crippen LogP contribution in [-0.2, 0) is 71.8 Å². The first-order chi connectivity index (χ1) is 44.8. The van der Waals surface area contributed by atoms with Crippen molar-refractivity contribution in [1.29, 1.82) is 0 Å². The van der Waals surface area contributed by atoms with E-state index in [0.29, 0.717) is 99.5 Å². The largest absolute Gasteiger partial charge is 0.481 e. The highest BCUT2D eigenvalue weighted by Crippen LogP contribution is 2.25. The quantitative estimate of drug-likeness (QED) is 0.00428. The molecule has 30 heteroatoms. The number of carboxylic acid groups (broad SMARTS) is 1. The first kappa shape index (κ1) is 92.6. The third kappa shape index (κ3) is 49.7. The molecule has 0 saturated carbocycles. The summed E-state index contributed by atoms with van der Waals surface area (Å²) >= 11 is 32.7. The maximum atomic E-state index is 12.2. The van der Waals surface area contributed by atoms with Gasteiger partial charge in [-0.1, -0.05) is 89.3 Å². The fourth-order valence-electron chi connectivity index (χ4n) is 8.22. The Morgan fingerprint density at radius 3 is 1.14 bits per heavy atom. The van der Waals surface area contributed by atoms with Crippen LogP contribution >= 0.6 is 103 Å². The number of nitrogens with zero attached hydrogens (tertiary/aromatic N) is 2. The van der Waals surface area contributed by atoms with Crippen molar-refractivity contribution >= 4 is 197 Å². The van der Waals surface area contributed by atoms with E-state index in [1.807, 2.05) is 159 Å². The third-order valence-corrected chi connectivity index (χ3v) is 14.7. The minimum absolute atomic E-state index is 0.0423. The first-order valence-electron chi connectivity index (χ1n) is 30.3. The van der Waals surface area contributed by atoms with E-state index in [9.17, 15) is 33.6 Å². The Labute approximate surface area is 617 Å². The van der Waals surface area contributed by atoms with E-state index in [1.165, 1.54) is 22.2 Å². The fraction of sp³-hybridized carbons (Fsp3) is 0.508. The van der Waals surface area contributed by atoms with Crippen molar-refractivity contribution in [1.82, 2.24) is 15.7 Å². The van der Waals surface area contributed by atoms with E-state index < -0.39 is 28.8 Å². The van der Waals surface area contributed by atoms with Gasteiger partial charge in [-0.15, -0.1) is 58.0 Å². The van der Waals surface area contributed by atoms with Crippen LogP contribution < -0.4 is 42.7 Å². The number of aldehydes is 1. The molecule has 0 unspecified atom stereocenters. The number of carbonyl (C=O) groups excluding carboxylic acids is 7. The fourth-order valence-corrected chi connectivity index (χ4v) is 9.99. The Bertz CT molecular complexity index is 2780. The van der Waals surface area contributed by atoms with Crippen LogP contribution in [0.25, 0.3) is 0 Å². The van der Waals surface area contributed by atoms with Crippen LogP contribution in [-0.4, -0.2) is 177 Å². The lowest BCUT2D eigenvalue weighted by atomic mass is 9.92. The van der Waals surface area contributed by atoms with Crippen LogP contribution in [0.15, 0.2) is 97.1 Å². The lowest BCUT2D eigenvalue weighted by Gasteiger charge is -2.27. The van der Waals surface area contributed by atoms with E-state index >= 15 is 0 Å². The molecule has 0 spiro atoms. The molecule has 95 heavy (non-hydrogen) atoms. The average molecular weight is 1640 g/mol. The molecule has 20 nitrogen and oxygen atoms in total. The minimum Gasteiger partial charge on any atom is -0.481 e. The number of ether oxygens (including phenoxy) is 3. The van der Waals surface area contributed by atoms with Gasteiger partial charge in [-0.05, 0) is 151 Å². The molecule has 525 valence electrons. The van der Waals surface area contributed by atoms with Crippen molar-refractivity contribution in [3.05, 3.63) is 117 Å². The van der Waals surface area contributed by atoms with Gasteiger partial charge in [-0.25, -0.2) is 0 Å². The van der Waals surface area contributed by atoms with Crippen LogP contribution in [0.2, 0.25) is 0 Å². The molecule has 0 aromatic heterocycles. The van der Waals surface area contributed by atoms with Crippen LogP contribution in [0.5, 0.6) is 0 Å². The van der Waals surface area contributed by atoms with Gasteiger partial charge in [0.1, 0.15) is 23.1 Å². The van der Waals surface area contributed by atoms with Crippen LogP contribution in [0.3, 0.4) is 0 Å². The number of nitrogens with one attached hydrogen (secondary N) is 3. The van der Waals surface area contributed by atoms with Gasteiger partial charge in [0.2, 0.25) is 0 Å². The Kier molecular flexibility index (Phi) is 53.1. The predicted molar refractivity (Wildman–Crippen MR) is 411 cm³/mol. The van der Waals surface area contributed by atoms with Gasteiger partial charge >= 0.3 is 23.9 Å². The number of para-hydroxylation sites is 4. The van der Waals surface area contributed by atoms with Gasteiger partial charge in [0, 0.05) is 105 Å². The summed E-state index contributed by atoms with van der Waals surface area (Å²) in [5.74, 6) is 0.347. The SMILES string of the molecule is CC(C)(C)OC(=O)C[C@H](CI)N[B]C=O.CC(C)(C)OC(=O)C[C@H](Cc1ccccc1N(CCCl)CCCl)N[B]C=O.CC(C)(C)OC(=O)C[C@H](Cc1ccccc1N)N[B]C=O.N[C@H](CC(=O)O)Cc1ccccc1N(CCCl)CCCl.Nc1ccccc1I.O=CCCl. The topological polar surface area (TPSA) is 305 Å². The lowest BCUT2D eigenvalue weighted by Crippen LogP contribution is -2.39. The molecule has 10 N–H and O–H groups in total. The number of hydrogen-bond donors (Lipinski definition) is 7. The summed E-state index contributed by atoms with van der Waals surface area (Å²) in [5.41, 5.74) is 22.3. The van der Waals surface area contributed by atoms with E-state index in [4.69, 9.17) is 99.3 Å². The molecule has 0 bridgehead atoms. The highest BCUT2D eigenvalue weighted by Gasteiger charge is 2.25. The van der Waals surface area contributed by atoms with Crippen molar-refractivity contribution in [2.45, 2.75) is 148 Å².